The molecule has 106 valence electrons. The second-order valence-electron chi connectivity index (χ2n) is 6.41. The van der Waals surface area contributed by atoms with Gasteiger partial charge in [0.25, 0.3) is 0 Å². The van der Waals surface area contributed by atoms with E-state index in [1.807, 2.05) is 0 Å². The number of nitrogens with zero attached hydrogens (tertiary/aromatic N) is 2. The third kappa shape index (κ3) is 2.22. The van der Waals surface area contributed by atoms with Crippen molar-refractivity contribution < 1.29 is 0 Å². The lowest BCUT2D eigenvalue weighted by molar-refractivity contribution is 0.180. The molecule has 2 heterocycles. The average molecular weight is 261 g/mol. The van der Waals surface area contributed by atoms with Gasteiger partial charge in [-0.3, -0.25) is 0 Å². The van der Waals surface area contributed by atoms with Crippen molar-refractivity contribution in [1.29, 1.82) is 0 Å². The maximum atomic E-state index is 4.90. The first kappa shape index (κ1) is 13.2. The number of hydrogen-bond donors (Lipinski definition) is 1. The standard InChI is InChI=1S/C16H27N3/c1-4-16-18-13-10-17-9-8-15(13)19(16)14-7-5-6-11(2)12(14)3/h11-12,14,17H,4-10H2,1-3H3. The van der Waals surface area contributed by atoms with Crippen molar-refractivity contribution in [2.45, 2.75) is 65.5 Å². The van der Waals surface area contributed by atoms with E-state index in [0.29, 0.717) is 6.04 Å². The van der Waals surface area contributed by atoms with E-state index in [4.69, 9.17) is 4.98 Å². The third-order valence-corrected chi connectivity index (χ3v) is 5.31. The van der Waals surface area contributed by atoms with Crippen LogP contribution < -0.4 is 5.32 Å². The smallest absolute Gasteiger partial charge is 0.109 e. The molecule has 0 amide bonds. The fraction of sp³-hybridized carbons (Fsp3) is 0.812. The number of nitrogens with one attached hydrogen (secondary N) is 1. The monoisotopic (exact) mass is 261 g/mol. The van der Waals surface area contributed by atoms with Gasteiger partial charge in [0.05, 0.1) is 5.69 Å². The van der Waals surface area contributed by atoms with Crippen LogP contribution in [0.4, 0.5) is 0 Å². The van der Waals surface area contributed by atoms with Crippen LogP contribution >= 0.6 is 0 Å². The quantitative estimate of drug-likeness (QED) is 0.886. The zero-order valence-corrected chi connectivity index (χ0v) is 12.6. The number of aromatic nitrogens is 2. The van der Waals surface area contributed by atoms with Gasteiger partial charge >= 0.3 is 0 Å². The third-order valence-electron chi connectivity index (χ3n) is 5.31. The molecule has 3 rings (SSSR count). The van der Waals surface area contributed by atoms with Crippen molar-refractivity contribution in [2.75, 3.05) is 6.54 Å². The second-order valence-corrected chi connectivity index (χ2v) is 6.41. The lowest BCUT2D eigenvalue weighted by Gasteiger charge is -2.37. The normalized spacial score (nSPS) is 31.2. The van der Waals surface area contributed by atoms with E-state index in [1.54, 1.807) is 0 Å². The molecule has 3 heteroatoms. The van der Waals surface area contributed by atoms with Crippen molar-refractivity contribution in [2.24, 2.45) is 11.8 Å². The summed E-state index contributed by atoms with van der Waals surface area (Å²) >= 11 is 0. The molecule has 0 bridgehead atoms. The second kappa shape index (κ2) is 5.28. The zero-order valence-electron chi connectivity index (χ0n) is 12.6. The molecule has 2 aliphatic rings. The summed E-state index contributed by atoms with van der Waals surface area (Å²) in [5, 5.41) is 3.45. The van der Waals surface area contributed by atoms with Crippen molar-refractivity contribution >= 4 is 0 Å². The highest BCUT2D eigenvalue weighted by Gasteiger charge is 2.32. The maximum absolute atomic E-state index is 4.90. The number of imidazole rings is 1. The van der Waals surface area contributed by atoms with E-state index in [2.05, 4.69) is 30.7 Å². The van der Waals surface area contributed by atoms with Crippen LogP contribution in [0.15, 0.2) is 0 Å². The molecule has 19 heavy (non-hydrogen) atoms. The Kier molecular flexibility index (Phi) is 3.66. The molecule has 1 aromatic heterocycles. The Balaban J connectivity index is 2.00. The molecule has 3 nitrogen and oxygen atoms in total. The first-order valence-electron chi connectivity index (χ1n) is 8.02. The Hall–Kier alpha value is -0.830. The minimum Gasteiger partial charge on any atom is -0.328 e. The molecule has 1 N–H and O–H groups in total. The van der Waals surface area contributed by atoms with E-state index in [1.165, 1.54) is 36.5 Å². The predicted octanol–water partition coefficient (Wildman–Crippen LogP) is 3.09. The van der Waals surface area contributed by atoms with Gasteiger partial charge in [0, 0.05) is 37.7 Å². The lowest BCUT2D eigenvalue weighted by atomic mass is 9.77. The minimum atomic E-state index is 0.688. The molecule has 1 saturated carbocycles. The summed E-state index contributed by atoms with van der Waals surface area (Å²) in [4.78, 5) is 4.90. The first-order chi connectivity index (χ1) is 9.22. The highest BCUT2D eigenvalue weighted by atomic mass is 15.1. The van der Waals surface area contributed by atoms with Crippen LogP contribution in [0.1, 0.15) is 63.3 Å². The van der Waals surface area contributed by atoms with Crippen LogP contribution in [-0.2, 0) is 19.4 Å². The van der Waals surface area contributed by atoms with Gasteiger partial charge in [-0.25, -0.2) is 4.98 Å². The predicted molar refractivity (Wildman–Crippen MR) is 78.2 cm³/mol. The first-order valence-corrected chi connectivity index (χ1v) is 8.02. The fourth-order valence-corrected chi connectivity index (χ4v) is 3.95. The topological polar surface area (TPSA) is 29.9 Å². The van der Waals surface area contributed by atoms with Gasteiger partial charge in [-0.2, -0.15) is 0 Å². The van der Waals surface area contributed by atoms with E-state index in [-0.39, 0.29) is 0 Å². The molecule has 1 aliphatic carbocycles. The van der Waals surface area contributed by atoms with Gasteiger partial charge in [-0.15, -0.1) is 0 Å². The summed E-state index contributed by atoms with van der Waals surface area (Å²) in [6.45, 7) is 9.19. The largest absolute Gasteiger partial charge is 0.328 e. The Morgan fingerprint density at radius 1 is 1.32 bits per heavy atom. The minimum absolute atomic E-state index is 0.688. The molecule has 3 unspecified atom stereocenters. The SMILES string of the molecule is CCc1nc2c(n1C1CCCC(C)C1C)CCNC2. The number of aryl methyl sites for hydroxylation is 1. The molecule has 0 radical (unpaired) electrons. The van der Waals surface area contributed by atoms with E-state index in [0.717, 1.165) is 37.8 Å². The average Bonchev–Trinajstić information content (AvgIpc) is 2.80. The van der Waals surface area contributed by atoms with Crippen molar-refractivity contribution in [3.63, 3.8) is 0 Å². The number of fused-ring (bicyclic) bond motifs is 1. The van der Waals surface area contributed by atoms with Gasteiger partial charge in [0.1, 0.15) is 5.82 Å². The maximum Gasteiger partial charge on any atom is 0.109 e. The molecular weight excluding hydrogens is 234 g/mol. The zero-order chi connectivity index (χ0) is 13.4. The molecule has 1 fully saturated rings. The van der Waals surface area contributed by atoms with Crippen molar-refractivity contribution in [3.8, 4) is 0 Å². The molecule has 1 aromatic rings. The van der Waals surface area contributed by atoms with Gasteiger partial charge in [0.2, 0.25) is 0 Å². The Bertz CT molecular complexity index is 449. The molecule has 3 atom stereocenters. The van der Waals surface area contributed by atoms with Crippen LogP contribution in [-0.4, -0.2) is 16.1 Å². The summed E-state index contributed by atoms with van der Waals surface area (Å²) in [5.41, 5.74) is 2.84. The van der Waals surface area contributed by atoms with E-state index in [9.17, 15) is 0 Å². The summed E-state index contributed by atoms with van der Waals surface area (Å²) in [6.07, 6.45) is 6.33. The van der Waals surface area contributed by atoms with E-state index < -0.39 is 0 Å². The van der Waals surface area contributed by atoms with Crippen molar-refractivity contribution in [3.05, 3.63) is 17.2 Å². The van der Waals surface area contributed by atoms with Crippen molar-refractivity contribution in [1.82, 2.24) is 14.9 Å². The summed E-state index contributed by atoms with van der Waals surface area (Å²) in [7, 11) is 0. The Morgan fingerprint density at radius 2 is 2.16 bits per heavy atom. The molecule has 0 spiro atoms. The summed E-state index contributed by atoms with van der Waals surface area (Å²) in [5.74, 6) is 2.95. The Labute approximate surface area is 116 Å². The Morgan fingerprint density at radius 3 is 2.95 bits per heavy atom. The lowest BCUT2D eigenvalue weighted by Crippen LogP contribution is -2.31. The van der Waals surface area contributed by atoms with Crippen LogP contribution in [0.25, 0.3) is 0 Å². The fourth-order valence-electron chi connectivity index (χ4n) is 3.95. The highest BCUT2D eigenvalue weighted by Crippen LogP contribution is 2.39. The van der Waals surface area contributed by atoms with Crippen LogP contribution in [0.2, 0.25) is 0 Å². The number of rotatable bonds is 2. The number of hydrogen-bond acceptors (Lipinski definition) is 2. The summed E-state index contributed by atoms with van der Waals surface area (Å²) in [6, 6.07) is 0.688. The van der Waals surface area contributed by atoms with E-state index >= 15 is 0 Å². The molecular formula is C16H27N3. The summed E-state index contributed by atoms with van der Waals surface area (Å²) < 4.78 is 2.64. The van der Waals surface area contributed by atoms with Crippen LogP contribution in [0, 0.1) is 11.8 Å². The van der Waals surface area contributed by atoms with Crippen LogP contribution in [0.3, 0.4) is 0 Å². The van der Waals surface area contributed by atoms with Gasteiger partial charge in [0.15, 0.2) is 0 Å². The highest BCUT2D eigenvalue weighted by molar-refractivity contribution is 5.22. The molecule has 0 saturated heterocycles. The van der Waals surface area contributed by atoms with Gasteiger partial charge < -0.3 is 9.88 Å². The molecule has 0 aromatic carbocycles. The van der Waals surface area contributed by atoms with Gasteiger partial charge in [-0.1, -0.05) is 33.6 Å². The van der Waals surface area contributed by atoms with Gasteiger partial charge in [-0.05, 0) is 18.3 Å². The molecule has 1 aliphatic heterocycles. The van der Waals surface area contributed by atoms with Crippen LogP contribution in [0.5, 0.6) is 0 Å².